The van der Waals surface area contributed by atoms with E-state index in [-0.39, 0.29) is 49.8 Å². The first-order chi connectivity index (χ1) is 18.9. The van der Waals surface area contributed by atoms with Crippen LogP contribution in [0.4, 0.5) is 10.5 Å². The quantitative estimate of drug-likeness (QED) is 0.347. The molecule has 1 aromatic carbocycles. The van der Waals surface area contributed by atoms with Crippen molar-refractivity contribution < 1.29 is 38.2 Å². The van der Waals surface area contributed by atoms with Crippen molar-refractivity contribution >= 4 is 35.5 Å². The topological polar surface area (TPSA) is 144 Å². The number of benzene rings is 1. The van der Waals surface area contributed by atoms with Crippen LogP contribution in [-0.2, 0) is 23.9 Å². The number of rotatable bonds is 9. The van der Waals surface area contributed by atoms with Crippen molar-refractivity contribution in [3.63, 3.8) is 0 Å². The highest BCUT2D eigenvalue weighted by molar-refractivity contribution is 6.05. The lowest BCUT2D eigenvalue weighted by molar-refractivity contribution is -0.165. The summed E-state index contributed by atoms with van der Waals surface area (Å²) in [4.78, 5) is 65.3. The molecule has 4 amide bonds. The summed E-state index contributed by atoms with van der Waals surface area (Å²) in [6.07, 6.45) is 0.197. The molecule has 2 aliphatic rings. The molecule has 2 heterocycles. The van der Waals surface area contributed by atoms with Crippen LogP contribution in [-0.4, -0.2) is 78.8 Å². The average Bonchev–Trinajstić information content (AvgIpc) is 2.90. The standard InChI is InChI=1S/C28H40N4O8/c1-7-23(33)29-11-13-32-21-15-20(17(3)14-22(21)40-28(5,6)26(32)36)25(35)30-19-10-9-12-31(16-19)27(37)39-18(4)38-24(34)8-2/h14-15,18-19H,7-13,16H2,1-6H3,(H,29,33)(H,30,35)/t18?,19-/m1/s1. The fourth-order valence-electron chi connectivity index (χ4n) is 4.65. The second kappa shape index (κ2) is 13.0. The molecule has 2 atom stereocenters. The molecule has 1 unspecified atom stereocenters. The van der Waals surface area contributed by atoms with E-state index in [1.165, 1.54) is 16.7 Å². The predicted octanol–water partition coefficient (Wildman–Crippen LogP) is 2.66. The van der Waals surface area contributed by atoms with Crippen molar-refractivity contribution in [3.05, 3.63) is 23.3 Å². The Bertz CT molecular complexity index is 1150. The smallest absolute Gasteiger partial charge is 0.412 e. The molecule has 1 saturated heterocycles. The second-order valence-electron chi connectivity index (χ2n) is 10.5. The van der Waals surface area contributed by atoms with Crippen molar-refractivity contribution in [1.82, 2.24) is 15.5 Å². The van der Waals surface area contributed by atoms with Gasteiger partial charge in [-0.1, -0.05) is 13.8 Å². The summed E-state index contributed by atoms with van der Waals surface area (Å²) < 4.78 is 16.2. The first-order valence-electron chi connectivity index (χ1n) is 13.7. The molecule has 1 aromatic rings. The van der Waals surface area contributed by atoms with Gasteiger partial charge >= 0.3 is 12.1 Å². The minimum atomic E-state index is -1.11. The van der Waals surface area contributed by atoms with E-state index in [9.17, 15) is 24.0 Å². The molecule has 0 aliphatic carbocycles. The Morgan fingerprint density at radius 3 is 2.55 bits per heavy atom. The molecule has 2 aliphatic heterocycles. The number of esters is 1. The van der Waals surface area contributed by atoms with Gasteiger partial charge in [-0.15, -0.1) is 0 Å². The Labute approximate surface area is 234 Å². The zero-order valence-electron chi connectivity index (χ0n) is 24.1. The summed E-state index contributed by atoms with van der Waals surface area (Å²) >= 11 is 0. The summed E-state index contributed by atoms with van der Waals surface area (Å²) in [5.41, 5.74) is 0.386. The predicted molar refractivity (Wildman–Crippen MR) is 146 cm³/mol. The number of carbonyl (C=O) groups excluding carboxylic acids is 5. The number of amides is 4. The summed E-state index contributed by atoms with van der Waals surface area (Å²) in [5, 5.41) is 5.77. The molecule has 0 spiro atoms. The van der Waals surface area contributed by atoms with Gasteiger partial charge in [0.05, 0.1) is 5.69 Å². The lowest BCUT2D eigenvalue weighted by atomic mass is 9.99. The van der Waals surface area contributed by atoms with E-state index in [2.05, 4.69) is 10.6 Å². The number of piperidine rings is 1. The van der Waals surface area contributed by atoms with Crippen molar-refractivity contribution in [2.24, 2.45) is 0 Å². The molecular weight excluding hydrogens is 520 g/mol. The highest BCUT2D eigenvalue weighted by Crippen LogP contribution is 2.39. The van der Waals surface area contributed by atoms with Crippen LogP contribution in [0.1, 0.15) is 76.2 Å². The van der Waals surface area contributed by atoms with E-state index in [1.807, 2.05) is 0 Å². The maximum absolute atomic E-state index is 13.4. The number of anilines is 1. The number of aryl methyl sites for hydroxylation is 1. The number of fused-ring (bicyclic) bond motifs is 1. The van der Waals surface area contributed by atoms with E-state index in [0.29, 0.717) is 48.4 Å². The zero-order valence-corrected chi connectivity index (χ0v) is 24.1. The molecule has 40 heavy (non-hydrogen) atoms. The van der Waals surface area contributed by atoms with Crippen LogP contribution in [0.15, 0.2) is 12.1 Å². The number of likely N-dealkylation sites (tertiary alicyclic amines) is 1. The van der Waals surface area contributed by atoms with Crippen LogP contribution in [0.25, 0.3) is 0 Å². The van der Waals surface area contributed by atoms with Crippen LogP contribution in [0.5, 0.6) is 5.75 Å². The second-order valence-corrected chi connectivity index (χ2v) is 10.5. The van der Waals surface area contributed by atoms with E-state index < -0.39 is 24.0 Å². The largest absolute Gasteiger partial charge is 0.476 e. The van der Waals surface area contributed by atoms with Crippen LogP contribution in [0.2, 0.25) is 0 Å². The minimum Gasteiger partial charge on any atom is -0.476 e. The molecule has 0 radical (unpaired) electrons. The van der Waals surface area contributed by atoms with Gasteiger partial charge in [0.2, 0.25) is 12.2 Å². The summed E-state index contributed by atoms with van der Waals surface area (Å²) in [5.74, 6) is -0.732. The van der Waals surface area contributed by atoms with E-state index in [0.717, 1.165) is 0 Å². The lowest BCUT2D eigenvalue weighted by Crippen LogP contribution is -2.54. The Morgan fingerprint density at radius 1 is 1.15 bits per heavy atom. The van der Waals surface area contributed by atoms with Crippen LogP contribution in [0, 0.1) is 6.92 Å². The third-order valence-corrected chi connectivity index (χ3v) is 6.81. The summed E-state index contributed by atoms with van der Waals surface area (Å²) in [6.45, 7) is 11.2. The Hall–Kier alpha value is -3.83. The Balaban J connectivity index is 1.72. The van der Waals surface area contributed by atoms with Gasteiger partial charge in [0, 0.05) is 57.5 Å². The zero-order chi connectivity index (χ0) is 29.6. The van der Waals surface area contributed by atoms with Gasteiger partial charge in [-0.05, 0) is 51.3 Å². The number of nitrogens with zero attached hydrogens (tertiary/aromatic N) is 2. The van der Waals surface area contributed by atoms with Gasteiger partial charge < -0.3 is 34.6 Å². The van der Waals surface area contributed by atoms with E-state index in [1.54, 1.807) is 46.8 Å². The van der Waals surface area contributed by atoms with Crippen molar-refractivity contribution in [2.45, 2.75) is 85.2 Å². The maximum Gasteiger partial charge on any atom is 0.412 e. The van der Waals surface area contributed by atoms with Crippen LogP contribution in [0.3, 0.4) is 0 Å². The number of ether oxygens (including phenoxy) is 3. The van der Waals surface area contributed by atoms with Gasteiger partial charge in [-0.3, -0.25) is 19.2 Å². The van der Waals surface area contributed by atoms with Crippen molar-refractivity contribution in [1.29, 1.82) is 0 Å². The number of nitrogens with one attached hydrogen (secondary N) is 2. The van der Waals surface area contributed by atoms with E-state index >= 15 is 0 Å². The molecule has 2 N–H and O–H groups in total. The van der Waals surface area contributed by atoms with E-state index in [4.69, 9.17) is 14.2 Å². The lowest BCUT2D eigenvalue weighted by Gasteiger charge is -2.39. The molecule has 220 valence electrons. The van der Waals surface area contributed by atoms with Gasteiger partial charge in [0.1, 0.15) is 5.75 Å². The fraction of sp³-hybridized carbons (Fsp3) is 0.607. The van der Waals surface area contributed by atoms with Gasteiger partial charge in [0.15, 0.2) is 5.60 Å². The molecule has 12 heteroatoms. The minimum absolute atomic E-state index is 0.119. The van der Waals surface area contributed by atoms with Gasteiger partial charge in [-0.2, -0.15) is 0 Å². The number of hydrogen-bond acceptors (Lipinski definition) is 8. The third kappa shape index (κ3) is 7.42. The summed E-state index contributed by atoms with van der Waals surface area (Å²) in [7, 11) is 0. The van der Waals surface area contributed by atoms with Gasteiger partial charge in [0.25, 0.3) is 11.8 Å². The molecule has 3 rings (SSSR count). The Kier molecular flexibility index (Phi) is 9.99. The average molecular weight is 561 g/mol. The maximum atomic E-state index is 13.4. The SMILES string of the molecule is CCC(=O)NCCN1C(=O)C(C)(C)Oc2cc(C)c(C(=O)N[C@@H]3CCCN(C(=O)OC(C)OC(=O)CC)C3)cc21. The highest BCUT2D eigenvalue weighted by Gasteiger charge is 2.41. The first kappa shape index (κ1) is 30.7. The van der Waals surface area contributed by atoms with Crippen LogP contribution >= 0.6 is 0 Å². The summed E-state index contributed by atoms with van der Waals surface area (Å²) in [6, 6.07) is 3.04. The molecule has 12 nitrogen and oxygen atoms in total. The number of hydrogen-bond donors (Lipinski definition) is 2. The highest BCUT2D eigenvalue weighted by atomic mass is 16.7. The van der Waals surface area contributed by atoms with Crippen molar-refractivity contribution in [2.75, 3.05) is 31.1 Å². The van der Waals surface area contributed by atoms with Crippen molar-refractivity contribution in [3.8, 4) is 5.75 Å². The monoisotopic (exact) mass is 560 g/mol. The molecule has 1 fully saturated rings. The molecule has 0 bridgehead atoms. The molecule has 0 aromatic heterocycles. The van der Waals surface area contributed by atoms with Gasteiger partial charge in [-0.25, -0.2) is 4.79 Å². The first-order valence-corrected chi connectivity index (χ1v) is 13.7. The fourth-order valence-corrected chi connectivity index (χ4v) is 4.65. The Morgan fingerprint density at radius 2 is 1.88 bits per heavy atom. The molecular formula is C28H40N4O8. The molecule has 0 saturated carbocycles. The van der Waals surface area contributed by atoms with Crippen LogP contribution < -0.4 is 20.3 Å². The third-order valence-electron chi connectivity index (χ3n) is 6.81. The normalized spacial score (nSPS) is 18.6. The number of carbonyl (C=O) groups is 5.